The molecule has 4 amide bonds. The van der Waals surface area contributed by atoms with E-state index >= 15 is 0 Å². The van der Waals surface area contributed by atoms with Crippen LogP contribution in [0.25, 0.3) is 0 Å². The number of hydrogen-bond acceptors (Lipinski definition) is 8. The third-order valence-corrected chi connectivity index (χ3v) is 8.76. The number of aliphatic hydroxyl groups excluding tert-OH is 1. The summed E-state index contributed by atoms with van der Waals surface area (Å²) in [5.74, 6) is 0.848. The third-order valence-electron chi connectivity index (χ3n) is 8.76. The molecule has 0 radical (unpaired) electrons. The van der Waals surface area contributed by atoms with E-state index in [9.17, 15) is 19.5 Å². The number of benzene rings is 3. The topological polar surface area (TPSA) is 139 Å². The average molecular weight is 675 g/mol. The van der Waals surface area contributed by atoms with Gasteiger partial charge in [0.15, 0.2) is 11.5 Å². The minimum Gasteiger partial charge on any atom is -0.490 e. The van der Waals surface area contributed by atoms with Crippen molar-refractivity contribution in [2.75, 3.05) is 50.8 Å². The summed E-state index contributed by atoms with van der Waals surface area (Å²) in [4.78, 5) is 43.8. The molecular formula is C37H46N4O8. The van der Waals surface area contributed by atoms with Gasteiger partial charge in [0.1, 0.15) is 5.75 Å². The van der Waals surface area contributed by atoms with Gasteiger partial charge in [0.25, 0.3) is 11.8 Å². The van der Waals surface area contributed by atoms with E-state index in [1.165, 1.54) is 0 Å². The fourth-order valence-electron chi connectivity index (χ4n) is 5.88. The molecule has 49 heavy (non-hydrogen) atoms. The van der Waals surface area contributed by atoms with Gasteiger partial charge < -0.3 is 44.5 Å². The van der Waals surface area contributed by atoms with Crippen LogP contribution in [0.2, 0.25) is 0 Å². The van der Waals surface area contributed by atoms with E-state index < -0.39 is 12.1 Å². The number of nitrogens with one attached hydrogen (secondary N) is 2. The molecule has 12 nitrogen and oxygen atoms in total. The molecule has 3 N–H and O–H groups in total. The molecule has 3 aromatic rings. The molecule has 4 atom stereocenters. The molecule has 0 aromatic heterocycles. The van der Waals surface area contributed by atoms with Crippen molar-refractivity contribution in [1.82, 2.24) is 9.80 Å². The highest BCUT2D eigenvalue weighted by atomic mass is 16.7. The Morgan fingerprint density at radius 1 is 0.959 bits per heavy atom. The van der Waals surface area contributed by atoms with Gasteiger partial charge in [0.05, 0.1) is 30.4 Å². The summed E-state index contributed by atoms with van der Waals surface area (Å²) in [6.45, 7) is 6.64. The fraction of sp³-hybridized carbons (Fsp3) is 0.432. The van der Waals surface area contributed by atoms with Crippen molar-refractivity contribution in [2.24, 2.45) is 5.92 Å². The largest absolute Gasteiger partial charge is 0.490 e. The Morgan fingerprint density at radius 3 is 2.39 bits per heavy atom. The normalized spacial score (nSPS) is 20.3. The molecular weight excluding hydrogens is 628 g/mol. The maximum Gasteiger partial charge on any atom is 0.323 e. The van der Waals surface area contributed by atoms with Crippen molar-refractivity contribution in [3.63, 3.8) is 0 Å². The molecule has 5 rings (SSSR count). The molecule has 2 aliphatic heterocycles. The van der Waals surface area contributed by atoms with Crippen LogP contribution in [0.3, 0.4) is 0 Å². The smallest absolute Gasteiger partial charge is 0.323 e. The number of anilines is 2. The van der Waals surface area contributed by atoms with Crippen LogP contribution >= 0.6 is 0 Å². The molecule has 0 bridgehead atoms. The Hall–Kier alpha value is -4.81. The van der Waals surface area contributed by atoms with Crippen LogP contribution in [0.5, 0.6) is 17.2 Å². The van der Waals surface area contributed by atoms with Crippen LogP contribution in [0.1, 0.15) is 60.7 Å². The van der Waals surface area contributed by atoms with Crippen LogP contribution in [-0.2, 0) is 4.74 Å². The summed E-state index contributed by atoms with van der Waals surface area (Å²) in [6.07, 6.45) is 1.81. The zero-order valence-electron chi connectivity index (χ0n) is 28.5. The van der Waals surface area contributed by atoms with Gasteiger partial charge in [-0.2, -0.15) is 0 Å². The van der Waals surface area contributed by atoms with E-state index in [0.717, 1.165) is 19.3 Å². The molecule has 2 heterocycles. The number of likely N-dealkylation sites (N-methyl/N-ethyl adjacent to an activating group) is 1. The van der Waals surface area contributed by atoms with Gasteiger partial charge in [0.2, 0.25) is 6.79 Å². The minimum absolute atomic E-state index is 0.116. The maximum absolute atomic E-state index is 14.4. The van der Waals surface area contributed by atoms with Gasteiger partial charge in [0, 0.05) is 55.7 Å². The molecule has 0 aliphatic carbocycles. The summed E-state index contributed by atoms with van der Waals surface area (Å²) >= 11 is 0. The lowest BCUT2D eigenvalue weighted by Gasteiger charge is -2.36. The van der Waals surface area contributed by atoms with Crippen molar-refractivity contribution >= 4 is 29.2 Å². The molecule has 3 aromatic carbocycles. The summed E-state index contributed by atoms with van der Waals surface area (Å²) in [5.41, 5.74) is 1.74. The first-order valence-corrected chi connectivity index (χ1v) is 16.7. The van der Waals surface area contributed by atoms with Crippen LogP contribution in [0, 0.1) is 5.92 Å². The van der Waals surface area contributed by atoms with Gasteiger partial charge in [-0.05, 0) is 75.6 Å². The molecule has 0 unspecified atom stereocenters. The highest BCUT2D eigenvalue weighted by Gasteiger charge is 2.31. The summed E-state index contributed by atoms with van der Waals surface area (Å²) < 4.78 is 23.4. The average Bonchev–Trinajstić information content (AvgIpc) is 3.57. The molecule has 12 heteroatoms. The number of amides is 4. The summed E-state index contributed by atoms with van der Waals surface area (Å²) in [5, 5.41) is 15.8. The number of fused-ring (bicyclic) bond motifs is 2. The number of hydrogen-bond donors (Lipinski definition) is 3. The Balaban J connectivity index is 1.38. The monoisotopic (exact) mass is 674 g/mol. The molecule has 262 valence electrons. The molecule has 0 fully saturated rings. The number of rotatable bonds is 7. The SMILES string of the molecule is C[C@@H]1CCCCO[C@@H](CN(C)C(=O)c2ccccc2)[C@@H](C)CN([C@@H](C)CO)C(=O)c2cc(NC(=O)Nc3ccc4c(c3)OCO4)ccc2O1. The molecule has 2 aliphatic rings. The fourth-order valence-corrected chi connectivity index (χ4v) is 5.88. The van der Waals surface area contributed by atoms with Crippen LogP contribution < -0.4 is 24.8 Å². The molecule has 0 saturated heterocycles. The predicted molar refractivity (Wildman–Crippen MR) is 185 cm³/mol. The summed E-state index contributed by atoms with van der Waals surface area (Å²) in [6, 6.07) is 18.1. The van der Waals surface area contributed by atoms with Crippen LogP contribution in [0.4, 0.5) is 16.2 Å². The zero-order valence-corrected chi connectivity index (χ0v) is 28.5. The van der Waals surface area contributed by atoms with Crippen LogP contribution in [0.15, 0.2) is 66.7 Å². The van der Waals surface area contributed by atoms with E-state index in [1.54, 1.807) is 72.3 Å². The van der Waals surface area contributed by atoms with Gasteiger partial charge in [-0.25, -0.2) is 4.79 Å². The molecule has 0 saturated carbocycles. The first-order valence-electron chi connectivity index (χ1n) is 16.7. The second-order valence-electron chi connectivity index (χ2n) is 12.7. The second kappa shape index (κ2) is 16.5. The van der Waals surface area contributed by atoms with Crippen molar-refractivity contribution in [3.05, 3.63) is 77.9 Å². The van der Waals surface area contributed by atoms with Gasteiger partial charge >= 0.3 is 6.03 Å². The Bertz CT molecular complexity index is 1600. The minimum atomic E-state index is -0.539. The second-order valence-corrected chi connectivity index (χ2v) is 12.7. The maximum atomic E-state index is 14.4. The van der Waals surface area contributed by atoms with E-state index in [-0.39, 0.29) is 55.4 Å². The number of urea groups is 1. The Morgan fingerprint density at radius 2 is 1.65 bits per heavy atom. The van der Waals surface area contributed by atoms with Crippen molar-refractivity contribution < 1.29 is 38.4 Å². The Kier molecular flexibility index (Phi) is 12.0. The lowest BCUT2D eigenvalue weighted by atomic mass is 10.0. The predicted octanol–water partition coefficient (Wildman–Crippen LogP) is 5.63. The van der Waals surface area contributed by atoms with E-state index in [2.05, 4.69) is 10.6 Å². The van der Waals surface area contributed by atoms with E-state index in [1.807, 2.05) is 32.0 Å². The van der Waals surface area contributed by atoms with Gasteiger partial charge in [-0.1, -0.05) is 25.1 Å². The van der Waals surface area contributed by atoms with E-state index in [4.69, 9.17) is 18.9 Å². The number of nitrogens with zero attached hydrogens (tertiary/aromatic N) is 2. The highest BCUT2D eigenvalue weighted by molar-refractivity contribution is 6.02. The molecule has 0 spiro atoms. The zero-order chi connectivity index (χ0) is 34.9. The lowest BCUT2D eigenvalue weighted by Crippen LogP contribution is -2.48. The lowest BCUT2D eigenvalue weighted by molar-refractivity contribution is -0.0149. The summed E-state index contributed by atoms with van der Waals surface area (Å²) in [7, 11) is 1.75. The Labute approximate surface area is 287 Å². The standard InChI is InChI=1S/C37H46N4O8/c1-24-20-41(25(2)22-42)36(44)30-18-28(38-37(45)39-29-14-16-32-33(19-29)48-23-47-32)13-15-31(30)49-26(3)10-8-9-17-46-34(24)21-40(4)35(43)27-11-6-5-7-12-27/h5-7,11-16,18-19,24-26,34,42H,8-10,17,20-23H2,1-4H3,(H2,38,39,45)/t24-,25-,26+,34-/m0/s1. The highest BCUT2D eigenvalue weighted by Crippen LogP contribution is 2.34. The number of carbonyl (C=O) groups is 3. The van der Waals surface area contributed by atoms with Crippen molar-refractivity contribution in [3.8, 4) is 17.2 Å². The van der Waals surface area contributed by atoms with E-state index in [0.29, 0.717) is 47.3 Å². The van der Waals surface area contributed by atoms with Crippen molar-refractivity contribution in [2.45, 2.75) is 58.3 Å². The third kappa shape index (κ3) is 9.21. The van der Waals surface area contributed by atoms with Gasteiger partial charge in [-0.3, -0.25) is 9.59 Å². The quantitative estimate of drug-likeness (QED) is 0.293. The first kappa shape index (κ1) is 35.5. The number of aliphatic hydroxyl groups is 1. The van der Waals surface area contributed by atoms with Gasteiger partial charge in [-0.15, -0.1) is 0 Å². The first-order chi connectivity index (χ1) is 23.6. The van der Waals surface area contributed by atoms with Crippen molar-refractivity contribution in [1.29, 1.82) is 0 Å². The van der Waals surface area contributed by atoms with Crippen LogP contribution in [-0.4, -0.2) is 91.1 Å². The number of carbonyl (C=O) groups excluding carboxylic acids is 3. The number of ether oxygens (including phenoxy) is 4.